The third-order valence-corrected chi connectivity index (χ3v) is 8.25. The lowest BCUT2D eigenvalue weighted by atomic mass is 10.0. The first-order chi connectivity index (χ1) is 19.4. The van der Waals surface area contributed by atoms with Gasteiger partial charge in [0.25, 0.3) is 0 Å². The van der Waals surface area contributed by atoms with E-state index in [2.05, 4.69) is 5.32 Å². The first-order valence-electron chi connectivity index (χ1n) is 13.2. The van der Waals surface area contributed by atoms with Crippen LogP contribution in [0.2, 0.25) is 10.0 Å². The highest BCUT2D eigenvalue weighted by molar-refractivity contribution is 7.92. The molecule has 1 N–H and O–H groups in total. The number of anilines is 1. The number of halogens is 3. The predicted octanol–water partition coefficient (Wildman–Crippen LogP) is 5.84. The van der Waals surface area contributed by atoms with Gasteiger partial charge in [0.2, 0.25) is 21.8 Å². The van der Waals surface area contributed by atoms with Gasteiger partial charge in [0.1, 0.15) is 11.9 Å². The number of rotatable bonds is 13. The molecule has 0 aliphatic rings. The van der Waals surface area contributed by atoms with Gasteiger partial charge in [-0.15, -0.1) is 0 Å². The molecule has 1 atom stereocenters. The molecule has 3 aromatic rings. The monoisotopic (exact) mass is 621 g/mol. The Hall–Kier alpha value is -3.14. The standard InChI is InChI=1S/C30H34Cl2FN3O4S/c1-21(2)34-30(38)28(19-22-11-5-4-6-12-22)35(20-23-24(31)13-9-14-25(23)32)29(37)17-10-18-36(41(3,39)40)27-16-8-7-15-26(27)33/h4-9,11-16,21,28H,10,17-20H2,1-3H3,(H,34,38)/t28-/m0/s1. The van der Waals surface area contributed by atoms with E-state index in [0.717, 1.165) is 16.1 Å². The van der Waals surface area contributed by atoms with Crippen molar-refractivity contribution in [2.75, 3.05) is 17.1 Å². The molecule has 0 saturated carbocycles. The third kappa shape index (κ3) is 9.18. The van der Waals surface area contributed by atoms with Crippen molar-refractivity contribution in [2.24, 2.45) is 0 Å². The fraction of sp³-hybridized carbons (Fsp3) is 0.333. The molecule has 0 saturated heterocycles. The highest BCUT2D eigenvalue weighted by Gasteiger charge is 2.32. The third-order valence-electron chi connectivity index (χ3n) is 6.37. The maximum absolute atomic E-state index is 14.5. The van der Waals surface area contributed by atoms with Crippen LogP contribution < -0.4 is 9.62 Å². The molecule has 3 rings (SSSR count). The molecular formula is C30H34Cl2FN3O4S. The number of carbonyl (C=O) groups excluding carboxylic acids is 2. The average Bonchev–Trinajstić information content (AvgIpc) is 2.90. The molecule has 0 bridgehead atoms. The Morgan fingerprint density at radius 3 is 2.12 bits per heavy atom. The van der Waals surface area contributed by atoms with Crippen LogP contribution in [0.5, 0.6) is 0 Å². The van der Waals surface area contributed by atoms with Crippen molar-refractivity contribution in [3.05, 3.63) is 99.8 Å². The van der Waals surface area contributed by atoms with Crippen LogP contribution in [0, 0.1) is 5.82 Å². The van der Waals surface area contributed by atoms with Gasteiger partial charge in [0.15, 0.2) is 0 Å². The van der Waals surface area contributed by atoms with Gasteiger partial charge < -0.3 is 10.2 Å². The smallest absolute Gasteiger partial charge is 0.243 e. The van der Waals surface area contributed by atoms with Gasteiger partial charge in [0, 0.05) is 47.6 Å². The minimum atomic E-state index is -3.83. The van der Waals surface area contributed by atoms with E-state index in [1.54, 1.807) is 24.3 Å². The van der Waals surface area contributed by atoms with Crippen molar-refractivity contribution < 1.29 is 22.4 Å². The zero-order chi connectivity index (χ0) is 30.2. The van der Waals surface area contributed by atoms with Gasteiger partial charge in [-0.2, -0.15) is 0 Å². The number of hydrogen-bond donors (Lipinski definition) is 1. The molecule has 0 aliphatic carbocycles. The highest BCUT2D eigenvalue weighted by atomic mass is 35.5. The summed E-state index contributed by atoms with van der Waals surface area (Å²) in [7, 11) is -3.83. The average molecular weight is 623 g/mol. The SMILES string of the molecule is CC(C)NC(=O)[C@H](Cc1ccccc1)N(Cc1c(Cl)cccc1Cl)C(=O)CCCN(c1ccccc1F)S(C)(=O)=O. The van der Waals surface area contributed by atoms with E-state index in [1.165, 1.54) is 23.1 Å². The zero-order valence-corrected chi connectivity index (χ0v) is 25.5. The molecule has 220 valence electrons. The lowest BCUT2D eigenvalue weighted by Gasteiger charge is -2.33. The molecule has 0 aromatic heterocycles. The van der Waals surface area contributed by atoms with Gasteiger partial charge in [-0.05, 0) is 50.1 Å². The normalized spacial score (nSPS) is 12.2. The van der Waals surface area contributed by atoms with E-state index in [9.17, 15) is 22.4 Å². The van der Waals surface area contributed by atoms with Gasteiger partial charge in [-0.1, -0.05) is 71.7 Å². The minimum Gasteiger partial charge on any atom is -0.352 e. The fourth-order valence-electron chi connectivity index (χ4n) is 4.42. The summed E-state index contributed by atoms with van der Waals surface area (Å²) in [6, 6.07) is 18.8. The maximum Gasteiger partial charge on any atom is 0.243 e. The molecule has 2 amide bonds. The number of amides is 2. The van der Waals surface area contributed by atoms with Crippen molar-refractivity contribution in [2.45, 2.75) is 51.7 Å². The molecule has 0 heterocycles. The lowest BCUT2D eigenvalue weighted by Crippen LogP contribution is -2.52. The van der Waals surface area contributed by atoms with Gasteiger partial charge >= 0.3 is 0 Å². The van der Waals surface area contributed by atoms with Crippen LogP contribution >= 0.6 is 23.2 Å². The van der Waals surface area contributed by atoms with Crippen molar-refractivity contribution in [3.8, 4) is 0 Å². The Balaban J connectivity index is 1.93. The summed E-state index contributed by atoms with van der Waals surface area (Å²) in [5.74, 6) is -1.43. The number of para-hydroxylation sites is 1. The largest absolute Gasteiger partial charge is 0.352 e. The number of nitrogens with one attached hydrogen (secondary N) is 1. The molecule has 0 aliphatic heterocycles. The minimum absolute atomic E-state index is 0.0382. The molecule has 0 fully saturated rings. The number of nitrogens with zero attached hydrogens (tertiary/aromatic N) is 2. The summed E-state index contributed by atoms with van der Waals surface area (Å²) in [4.78, 5) is 28.8. The first-order valence-corrected chi connectivity index (χ1v) is 15.8. The summed E-state index contributed by atoms with van der Waals surface area (Å²) in [6.45, 7) is 3.49. The van der Waals surface area contributed by atoms with E-state index < -0.39 is 27.8 Å². The van der Waals surface area contributed by atoms with E-state index in [-0.39, 0.29) is 50.0 Å². The number of carbonyl (C=O) groups is 2. The Morgan fingerprint density at radius 1 is 0.927 bits per heavy atom. The van der Waals surface area contributed by atoms with E-state index in [4.69, 9.17) is 23.2 Å². The predicted molar refractivity (Wildman–Crippen MR) is 162 cm³/mol. The van der Waals surface area contributed by atoms with E-state index in [0.29, 0.717) is 15.6 Å². The first kappa shape index (κ1) is 32.4. The van der Waals surface area contributed by atoms with Gasteiger partial charge in [-0.25, -0.2) is 12.8 Å². The van der Waals surface area contributed by atoms with E-state index in [1.807, 2.05) is 44.2 Å². The van der Waals surface area contributed by atoms with Crippen LogP contribution in [0.4, 0.5) is 10.1 Å². The zero-order valence-electron chi connectivity index (χ0n) is 23.2. The van der Waals surface area contributed by atoms with Crippen molar-refractivity contribution in [1.29, 1.82) is 0 Å². The number of hydrogen-bond acceptors (Lipinski definition) is 4. The number of benzene rings is 3. The summed E-state index contributed by atoms with van der Waals surface area (Å²) in [5, 5.41) is 3.60. The van der Waals surface area contributed by atoms with Crippen molar-refractivity contribution in [1.82, 2.24) is 10.2 Å². The second-order valence-corrected chi connectivity index (χ2v) is 12.7. The molecule has 7 nitrogen and oxygen atoms in total. The van der Waals surface area contributed by atoms with Gasteiger partial charge in [0.05, 0.1) is 11.9 Å². The maximum atomic E-state index is 14.5. The van der Waals surface area contributed by atoms with Crippen molar-refractivity contribution in [3.63, 3.8) is 0 Å². The second-order valence-electron chi connectivity index (χ2n) is 9.98. The molecule has 0 radical (unpaired) electrons. The highest BCUT2D eigenvalue weighted by Crippen LogP contribution is 2.28. The number of sulfonamides is 1. The molecule has 3 aromatic carbocycles. The van der Waals surface area contributed by atoms with Crippen LogP contribution in [0.1, 0.15) is 37.8 Å². The van der Waals surface area contributed by atoms with E-state index >= 15 is 0 Å². The lowest BCUT2D eigenvalue weighted by molar-refractivity contribution is -0.141. The second kappa shape index (κ2) is 14.7. The summed E-state index contributed by atoms with van der Waals surface area (Å²) in [5.41, 5.74) is 1.24. The molecule has 11 heteroatoms. The Morgan fingerprint density at radius 2 is 1.54 bits per heavy atom. The Kier molecular flexibility index (Phi) is 11.6. The van der Waals surface area contributed by atoms with Crippen molar-refractivity contribution >= 4 is 50.7 Å². The van der Waals surface area contributed by atoms with Crippen LogP contribution in [-0.2, 0) is 32.6 Å². The molecular weight excluding hydrogens is 588 g/mol. The Bertz CT molecular complexity index is 1430. The van der Waals surface area contributed by atoms with Crippen LogP contribution in [-0.4, -0.2) is 50.0 Å². The van der Waals surface area contributed by atoms with Crippen LogP contribution in [0.3, 0.4) is 0 Å². The Labute approximate surface area is 251 Å². The summed E-state index contributed by atoms with van der Waals surface area (Å²) in [6.07, 6.45) is 1.19. The quantitative estimate of drug-likeness (QED) is 0.260. The molecule has 0 spiro atoms. The molecule has 0 unspecified atom stereocenters. The summed E-state index contributed by atoms with van der Waals surface area (Å²) >= 11 is 12.9. The molecule has 41 heavy (non-hydrogen) atoms. The van der Waals surface area contributed by atoms with Crippen LogP contribution in [0.15, 0.2) is 72.8 Å². The topological polar surface area (TPSA) is 86.8 Å². The van der Waals surface area contributed by atoms with Crippen LogP contribution in [0.25, 0.3) is 0 Å². The fourth-order valence-corrected chi connectivity index (χ4v) is 5.91. The summed E-state index contributed by atoms with van der Waals surface area (Å²) < 4.78 is 40.4. The van der Waals surface area contributed by atoms with Gasteiger partial charge in [-0.3, -0.25) is 13.9 Å².